The number of halogens is 1. The minimum Gasteiger partial charge on any atom is -0.324 e. The maximum Gasteiger partial charge on any atom is 0.130 e. The molecule has 2 aromatic heterocycles. The van der Waals surface area contributed by atoms with Gasteiger partial charge in [0.25, 0.3) is 0 Å². The van der Waals surface area contributed by atoms with Crippen molar-refractivity contribution < 1.29 is 0 Å². The molecule has 0 aliphatic heterocycles. The average Bonchev–Trinajstić information content (AvgIpc) is 2.73. The molecule has 2 heterocycles. The number of pyridine rings is 1. The third kappa shape index (κ3) is 2.52. The van der Waals surface area contributed by atoms with Gasteiger partial charge in [0.2, 0.25) is 0 Å². The van der Waals surface area contributed by atoms with E-state index in [-0.39, 0.29) is 6.04 Å². The van der Waals surface area contributed by atoms with Crippen molar-refractivity contribution >= 4 is 22.5 Å². The van der Waals surface area contributed by atoms with E-state index in [0.29, 0.717) is 11.6 Å². The summed E-state index contributed by atoms with van der Waals surface area (Å²) in [5.41, 5.74) is 10.4. The number of aryl methyl sites for hydroxylation is 2. The lowest BCUT2D eigenvalue weighted by Gasteiger charge is -2.14. The van der Waals surface area contributed by atoms with E-state index >= 15 is 0 Å². The number of aromatic nitrogens is 3. The highest BCUT2D eigenvalue weighted by Crippen LogP contribution is 2.27. The minimum absolute atomic E-state index is 0.140. The predicted octanol–water partition coefficient (Wildman–Crippen LogP) is 3.17. The van der Waals surface area contributed by atoms with Gasteiger partial charge in [-0.25, -0.2) is 0 Å². The standard InChI is InChI=1S/C16H17ClN4/c1-10-13(16(17)21(2)20-10)9-14(18)11-5-3-7-15-12(11)6-4-8-19-15/h3-8,14H,9,18H2,1-2H3. The normalized spacial score (nSPS) is 12.8. The predicted molar refractivity (Wildman–Crippen MR) is 85.3 cm³/mol. The van der Waals surface area contributed by atoms with Crippen LogP contribution in [-0.2, 0) is 13.5 Å². The molecule has 1 unspecified atom stereocenters. The van der Waals surface area contributed by atoms with Gasteiger partial charge in [0.1, 0.15) is 5.15 Å². The van der Waals surface area contributed by atoms with Crippen molar-refractivity contribution in [3.05, 3.63) is 58.5 Å². The van der Waals surface area contributed by atoms with Crippen molar-refractivity contribution in [1.82, 2.24) is 14.8 Å². The third-order valence-corrected chi connectivity index (χ3v) is 4.25. The molecule has 108 valence electrons. The molecule has 0 saturated carbocycles. The highest BCUT2D eigenvalue weighted by Gasteiger charge is 2.17. The summed E-state index contributed by atoms with van der Waals surface area (Å²) in [6, 6.07) is 9.87. The maximum absolute atomic E-state index is 6.42. The van der Waals surface area contributed by atoms with Crippen LogP contribution in [0.15, 0.2) is 36.5 Å². The Balaban J connectivity index is 1.99. The first-order chi connectivity index (χ1) is 10.1. The Morgan fingerprint density at radius 1 is 1.29 bits per heavy atom. The van der Waals surface area contributed by atoms with Crippen LogP contribution in [0.1, 0.15) is 22.9 Å². The van der Waals surface area contributed by atoms with Crippen molar-refractivity contribution in [3.8, 4) is 0 Å². The summed E-state index contributed by atoms with van der Waals surface area (Å²) in [6.07, 6.45) is 2.45. The third-order valence-electron chi connectivity index (χ3n) is 3.77. The summed E-state index contributed by atoms with van der Waals surface area (Å²) >= 11 is 6.30. The molecule has 0 saturated heterocycles. The smallest absolute Gasteiger partial charge is 0.130 e. The van der Waals surface area contributed by atoms with Gasteiger partial charge in [-0.3, -0.25) is 9.67 Å². The van der Waals surface area contributed by atoms with Gasteiger partial charge in [0.15, 0.2) is 0 Å². The molecule has 3 rings (SSSR count). The molecular weight excluding hydrogens is 284 g/mol. The van der Waals surface area contributed by atoms with Crippen LogP contribution < -0.4 is 5.73 Å². The Morgan fingerprint density at radius 2 is 2.10 bits per heavy atom. The van der Waals surface area contributed by atoms with Crippen molar-refractivity contribution in [1.29, 1.82) is 0 Å². The molecule has 3 aromatic rings. The van der Waals surface area contributed by atoms with Crippen LogP contribution in [-0.4, -0.2) is 14.8 Å². The molecule has 5 heteroatoms. The van der Waals surface area contributed by atoms with E-state index in [2.05, 4.69) is 16.1 Å². The zero-order valence-electron chi connectivity index (χ0n) is 12.0. The Kier molecular flexibility index (Phi) is 3.66. The molecule has 0 aliphatic carbocycles. The Hall–Kier alpha value is -1.91. The fraction of sp³-hybridized carbons (Fsp3) is 0.250. The number of hydrogen-bond donors (Lipinski definition) is 1. The molecule has 2 N–H and O–H groups in total. The second-order valence-electron chi connectivity index (χ2n) is 5.21. The number of fused-ring (bicyclic) bond motifs is 1. The summed E-state index contributed by atoms with van der Waals surface area (Å²) in [5.74, 6) is 0. The van der Waals surface area contributed by atoms with Gasteiger partial charge in [-0.15, -0.1) is 0 Å². The monoisotopic (exact) mass is 300 g/mol. The molecule has 0 aliphatic rings. The largest absolute Gasteiger partial charge is 0.324 e. The van der Waals surface area contributed by atoms with Crippen molar-refractivity contribution in [2.75, 3.05) is 0 Å². The highest BCUT2D eigenvalue weighted by atomic mass is 35.5. The molecule has 21 heavy (non-hydrogen) atoms. The van der Waals surface area contributed by atoms with Crippen LogP contribution in [0.2, 0.25) is 5.15 Å². The van der Waals surface area contributed by atoms with Crippen molar-refractivity contribution in [2.24, 2.45) is 12.8 Å². The van der Waals surface area contributed by atoms with E-state index in [9.17, 15) is 0 Å². The molecule has 0 radical (unpaired) electrons. The SMILES string of the molecule is Cc1nn(C)c(Cl)c1CC(N)c1cccc2ncccc12. The van der Waals surface area contributed by atoms with Crippen LogP contribution in [0.25, 0.3) is 10.9 Å². The molecule has 0 spiro atoms. The second-order valence-corrected chi connectivity index (χ2v) is 5.56. The zero-order chi connectivity index (χ0) is 15.0. The van der Waals surface area contributed by atoms with Gasteiger partial charge in [0, 0.05) is 30.2 Å². The average molecular weight is 301 g/mol. The molecular formula is C16H17ClN4. The Morgan fingerprint density at radius 3 is 2.81 bits per heavy atom. The lowest BCUT2D eigenvalue weighted by atomic mass is 9.96. The summed E-state index contributed by atoms with van der Waals surface area (Å²) in [4.78, 5) is 4.37. The lowest BCUT2D eigenvalue weighted by molar-refractivity contribution is 0.724. The maximum atomic E-state index is 6.42. The van der Waals surface area contributed by atoms with Gasteiger partial charge in [-0.2, -0.15) is 5.10 Å². The van der Waals surface area contributed by atoms with E-state index in [1.807, 2.05) is 38.2 Å². The number of nitrogens with zero attached hydrogens (tertiary/aromatic N) is 3. The van der Waals surface area contributed by atoms with Crippen LogP contribution in [0.3, 0.4) is 0 Å². The zero-order valence-corrected chi connectivity index (χ0v) is 12.8. The molecule has 0 bridgehead atoms. The van der Waals surface area contributed by atoms with Crippen LogP contribution >= 0.6 is 11.6 Å². The number of benzene rings is 1. The summed E-state index contributed by atoms with van der Waals surface area (Å²) < 4.78 is 1.68. The fourth-order valence-corrected chi connectivity index (χ4v) is 2.94. The Bertz CT molecular complexity index is 789. The van der Waals surface area contributed by atoms with Crippen LogP contribution in [0.4, 0.5) is 0 Å². The molecule has 0 fully saturated rings. The summed E-state index contributed by atoms with van der Waals surface area (Å²) in [5, 5.41) is 6.08. The number of nitrogens with two attached hydrogens (primary N) is 1. The van der Waals surface area contributed by atoms with Crippen LogP contribution in [0, 0.1) is 6.92 Å². The second kappa shape index (κ2) is 5.47. The van der Waals surface area contributed by atoms with Gasteiger partial charge in [-0.05, 0) is 31.0 Å². The molecule has 1 atom stereocenters. The first kappa shape index (κ1) is 14.0. The first-order valence-corrected chi connectivity index (χ1v) is 7.23. The topological polar surface area (TPSA) is 56.7 Å². The number of rotatable bonds is 3. The van der Waals surface area contributed by atoms with E-state index < -0.39 is 0 Å². The minimum atomic E-state index is -0.140. The summed E-state index contributed by atoms with van der Waals surface area (Å²) in [7, 11) is 1.84. The Labute approximate surface area is 128 Å². The van der Waals surface area contributed by atoms with Gasteiger partial charge in [-0.1, -0.05) is 29.8 Å². The highest BCUT2D eigenvalue weighted by molar-refractivity contribution is 6.30. The fourth-order valence-electron chi connectivity index (χ4n) is 2.69. The van der Waals surface area contributed by atoms with E-state index in [4.69, 9.17) is 17.3 Å². The summed E-state index contributed by atoms with van der Waals surface area (Å²) in [6.45, 7) is 1.96. The molecule has 1 aromatic carbocycles. The van der Waals surface area contributed by atoms with E-state index in [0.717, 1.165) is 27.7 Å². The molecule has 4 nitrogen and oxygen atoms in total. The number of hydrogen-bond acceptors (Lipinski definition) is 3. The first-order valence-electron chi connectivity index (χ1n) is 6.85. The van der Waals surface area contributed by atoms with Crippen molar-refractivity contribution in [2.45, 2.75) is 19.4 Å². The van der Waals surface area contributed by atoms with Crippen molar-refractivity contribution in [3.63, 3.8) is 0 Å². The van der Waals surface area contributed by atoms with E-state index in [1.165, 1.54) is 0 Å². The van der Waals surface area contributed by atoms with Crippen LogP contribution in [0.5, 0.6) is 0 Å². The lowest BCUT2D eigenvalue weighted by Crippen LogP contribution is -2.14. The molecule has 0 amide bonds. The quantitative estimate of drug-likeness (QED) is 0.808. The van der Waals surface area contributed by atoms with Gasteiger partial charge >= 0.3 is 0 Å². The van der Waals surface area contributed by atoms with Gasteiger partial charge < -0.3 is 5.73 Å². The van der Waals surface area contributed by atoms with E-state index in [1.54, 1.807) is 10.9 Å². The van der Waals surface area contributed by atoms with Gasteiger partial charge in [0.05, 0.1) is 11.2 Å².